The van der Waals surface area contributed by atoms with Crippen LogP contribution in [0.3, 0.4) is 0 Å². The number of amides is 1. The van der Waals surface area contributed by atoms with Gasteiger partial charge in [-0.25, -0.2) is 4.98 Å². The van der Waals surface area contributed by atoms with Crippen molar-refractivity contribution in [2.75, 3.05) is 26.7 Å². The van der Waals surface area contributed by atoms with E-state index in [1.54, 1.807) is 23.4 Å². The lowest BCUT2D eigenvalue weighted by molar-refractivity contribution is 0.0325. The summed E-state index contributed by atoms with van der Waals surface area (Å²) in [4.78, 5) is 25.5. The van der Waals surface area contributed by atoms with Gasteiger partial charge in [-0.15, -0.1) is 0 Å². The van der Waals surface area contributed by atoms with Crippen molar-refractivity contribution in [1.29, 1.82) is 0 Å². The average Bonchev–Trinajstić information content (AvgIpc) is 2.71. The quantitative estimate of drug-likeness (QED) is 0.710. The molecule has 156 valence electrons. The molecule has 3 atom stereocenters. The minimum Gasteiger partial charge on any atom is -0.472 e. The van der Waals surface area contributed by atoms with Crippen LogP contribution < -0.4 is 4.74 Å². The van der Waals surface area contributed by atoms with Crippen molar-refractivity contribution in [3.63, 3.8) is 0 Å². The fourth-order valence-corrected chi connectivity index (χ4v) is 3.80. The number of aromatic nitrogens is 2. The van der Waals surface area contributed by atoms with Crippen molar-refractivity contribution in [3.8, 4) is 5.88 Å². The highest BCUT2D eigenvalue weighted by molar-refractivity contribution is 9.10. The molecule has 2 aromatic heterocycles. The Balaban J connectivity index is 1.85. The van der Waals surface area contributed by atoms with E-state index in [1.165, 1.54) is 0 Å². The van der Waals surface area contributed by atoms with E-state index in [0.717, 1.165) is 12.1 Å². The largest absolute Gasteiger partial charge is 0.472 e. The van der Waals surface area contributed by atoms with Gasteiger partial charge in [0.2, 0.25) is 5.88 Å². The van der Waals surface area contributed by atoms with Gasteiger partial charge in [-0.05, 0) is 47.6 Å². The molecule has 0 saturated heterocycles. The zero-order chi connectivity index (χ0) is 21.0. The lowest BCUT2D eigenvalue weighted by Gasteiger charge is -2.37. The summed E-state index contributed by atoms with van der Waals surface area (Å²) in [6.45, 7) is 5.73. The number of nitrogens with zero attached hydrogens (tertiary/aromatic N) is 4. The number of hydrogen-bond acceptors (Lipinski definition) is 6. The van der Waals surface area contributed by atoms with Gasteiger partial charge in [-0.3, -0.25) is 14.7 Å². The monoisotopic (exact) mass is 462 g/mol. The zero-order valence-electron chi connectivity index (χ0n) is 17.0. The number of halogens is 1. The first-order valence-electron chi connectivity index (χ1n) is 9.70. The molecule has 0 aromatic carbocycles. The van der Waals surface area contributed by atoms with Crippen LogP contribution in [0.2, 0.25) is 0 Å². The molecule has 7 nitrogen and oxygen atoms in total. The Morgan fingerprint density at radius 2 is 2.24 bits per heavy atom. The lowest BCUT2D eigenvalue weighted by Crippen LogP contribution is -2.49. The molecule has 2 aromatic rings. The summed E-state index contributed by atoms with van der Waals surface area (Å²) >= 11 is 3.39. The van der Waals surface area contributed by atoms with Crippen LogP contribution in [-0.2, 0) is 6.54 Å². The maximum Gasteiger partial charge on any atom is 0.259 e. The van der Waals surface area contributed by atoms with E-state index in [4.69, 9.17) is 4.74 Å². The molecular weight excluding hydrogens is 436 g/mol. The molecule has 8 heteroatoms. The van der Waals surface area contributed by atoms with Gasteiger partial charge in [-0.2, -0.15) is 0 Å². The van der Waals surface area contributed by atoms with E-state index in [9.17, 15) is 9.90 Å². The van der Waals surface area contributed by atoms with Crippen LogP contribution in [0, 0.1) is 5.92 Å². The Morgan fingerprint density at radius 1 is 1.45 bits per heavy atom. The Bertz CT molecular complexity index is 836. The van der Waals surface area contributed by atoms with Crippen molar-refractivity contribution in [1.82, 2.24) is 19.8 Å². The first-order valence-corrected chi connectivity index (χ1v) is 10.5. The number of fused-ring (bicyclic) bond motifs is 1. The van der Waals surface area contributed by atoms with Crippen LogP contribution in [0.25, 0.3) is 0 Å². The van der Waals surface area contributed by atoms with Crippen molar-refractivity contribution < 1.29 is 14.6 Å². The highest BCUT2D eigenvalue weighted by atomic mass is 79.9. The minimum atomic E-state index is -0.288. The first kappa shape index (κ1) is 21.7. The Morgan fingerprint density at radius 3 is 2.93 bits per heavy atom. The van der Waals surface area contributed by atoms with Gasteiger partial charge in [-0.1, -0.05) is 13.0 Å². The van der Waals surface area contributed by atoms with Crippen LogP contribution in [0.1, 0.15) is 29.8 Å². The van der Waals surface area contributed by atoms with Gasteiger partial charge >= 0.3 is 0 Å². The predicted octanol–water partition coefficient (Wildman–Crippen LogP) is 2.59. The van der Waals surface area contributed by atoms with Crippen LogP contribution in [0.4, 0.5) is 0 Å². The molecule has 0 spiro atoms. The molecule has 0 aliphatic carbocycles. The summed E-state index contributed by atoms with van der Waals surface area (Å²) < 4.78 is 6.96. The number of carbonyl (C=O) groups excluding carboxylic acids is 1. The van der Waals surface area contributed by atoms with Gasteiger partial charge < -0.3 is 14.7 Å². The third kappa shape index (κ3) is 5.32. The summed E-state index contributed by atoms with van der Waals surface area (Å²) in [6, 6.07) is 5.41. The summed E-state index contributed by atoms with van der Waals surface area (Å²) in [5.74, 6) is 0.215. The number of aliphatic hydroxyl groups is 1. The molecule has 0 unspecified atom stereocenters. The number of hydrogen-bond donors (Lipinski definition) is 1. The van der Waals surface area contributed by atoms with E-state index >= 15 is 0 Å². The molecule has 0 radical (unpaired) electrons. The summed E-state index contributed by atoms with van der Waals surface area (Å²) in [5, 5.41) is 9.67. The van der Waals surface area contributed by atoms with Gasteiger partial charge in [0, 0.05) is 48.6 Å². The number of aliphatic hydroxyl groups excluding tert-OH is 1. The minimum absolute atomic E-state index is 0.0582. The Labute approximate surface area is 179 Å². The number of rotatable bonds is 6. The van der Waals surface area contributed by atoms with E-state index in [2.05, 4.69) is 37.7 Å². The highest BCUT2D eigenvalue weighted by Crippen LogP contribution is 2.28. The highest BCUT2D eigenvalue weighted by Gasteiger charge is 2.34. The smallest absolute Gasteiger partial charge is 0.259 e. The van der Waals surface area contributed by atoms with E-state index in [-0.39, 0.29) is 30.6 Å². The molecule has 1 aliphatic rings. The second-order valence-electron chi connectivity index (χ2n) is 7.69. The number of ether oxygens (including phenoxy) is 1. The molecule has 29 heavy (non-hydrogen) atoms. The molecule has 0 bridgehead atoms. The van der Waals surface area contributed by atoms with Crippen molar-refractivity contribution in [2.24, 2.45) is 5.92 Å². The molecule has 1 N–H and O–H groups in total. The second-order valence-corrected chi connectivity index (χ2v) is 8.60. The fraction of sp³-hybridized carbons (Fsp3) is 0.476. The van der Waals surface area contributed by atoms with Crippen molar-refractivity contribution >= 4 is 21.8 Å². The lowest BCUT2D eigenvalue weighted by atomic mass is 10.00. The number of likely N-dealkylation sites (N-methyl/N-ethyl adjacent to an activating group) is 1. The summed E-state index contributed by atoms with van der Waals surface area (Å²) in [5.41, 5.74) is 1.54. The second kappa shape index (κ2) is 9.65. The first-order chi connectivity index (χ1) is 13.9. The molecule has 0 fully saturated rings. The Hall–Kier alpha value is -2.03. The maximum absolute atomic E-state index is 13.1. The third-order valence-corrected chi connectivity index (χ3v) is 5.59. The average molecular weight is 463 g/mol. The predicted molar refractivity (Wildman–Crippen MR) is 114 cm³/mol. The summed E-state index contributed by atoms with van der Waals surface area (Å²) in [7, 11) is 2.04. The van der Waals surface area contributed by atoms with Crippen LogP contribution >= 0.6 is 15.9 Å². The molecule has 3 heterocycles. The molecule has 1 aliphatic heterocycles. The molecule has 3 rings (SSSR count). The van der Waals surface area contributed by atoms with Gasteiger partial charge in [0.1, 0.15) is 11.7 Å². The van der Waals surface area contributed by atoms with E-state index in [0.29, 0.717) is 29.0 Å². The molecular formula is C21H27BrN4O3. The SMILES string of the molecule is C[C@@H]1CN([C@@H](C)CO)C(=O)c2cc(Br)cnc2O[C@H]1CN(C)Cc1cccnc1. The zero-order valence-corrected chi connectivity index (χ0v) is 18.5. The number of carbonyl (C=O) groups is 1. The standard InChI is InChI=1S/C21H27BrN4O3/c1-14-10-26(15(2)13-27)21(28)18-7-17(22)9-24-20(18)29-19(14)12-25(3)11-16-5-4-6-23-8-16/h4-9,14-15,19,27H,10-13H2,1-3H3/t14-,15+,19+/m1/s1. The molecule has 0 saturated carbocycles. The van der Waals surface area contributed by atoms with Crippen LogP contribution in [-0.4, -0.2) is 69.7 Å². The normalized spacial score (nSPS) is 20.6. The topological polar surface area (TPSA) is 78.8 Å². The van der Waals surface area contributed by atoms with Gasteiger partial charge in [0.15, 0.2) is 0 Å². The van der Waals surface area contributed by atoms with Crippen molar-refractivity contribution in [2.45, 2.75) is 32.5 Å². The third-order valence-electron chi connectivity index (χ3n) is 5.15. The van der Waals surface area contributed by atoms with Gasteiger partial charge in [0.05, 0.1) is 12.6 Å². The molecule has 1 amide bonds. The van der Waals surface area contributed by atoms with Crippen LogP contribution in [0.15, 0.2) is 41.3 Å². The summed E-state index contributed by atoms with van der Waals surface area (Å²) in [6.07, 6.45) is 5.09. The fourth-order valence-electron chi connectivity index (χ4n) is 3.47. The van der Waals surface area contributed by atoms with E-state index in [1.807, 2.05) is 32.3 Å². The van der Waals surface area contributed by atoms with Crippen LogP contribution in [0.5, 0.6) is 5.88 Å². The van der Waals surface area contributed by atoms with Crippen molar-refractivity contribution in [3.05, 3.63) is 52.4 Å². The van der Waals surface area contributed by atoms with E-state index < -0.39 is 0 Å². The Kier molecular flexibility index (Phi) is 7.21. The maximum atomic E-state index is 13.1. The van der Waals surface area contributed by atoms with Gasteiger partial charge in [0.25, 0.3) is 5.91 Å². The number of pyridine rings is 2.